The van der Waals surface area contributed by atoms with Crippen LogP contribution in [-0.4, -0.2) is 89.0 Å². The molecule has 0 aliphatic rings. The van der Waals surface area contributed by atoms with Gasteiger partial charge in [0.1, 0.15) is 6.61 Å². The highest BCUT2D eigenvalue weighted by atomic mass is 28.4. The van der Waals surface area contributed by atoms with Crippen LogP contribution < -0.4 is 0 Å². The van der Waals surface area contributed by atoms with E-state index in [1.807, 2.05) is 0 Å². The Bertz CT molecular complexity index is 818. The first-order chi connectivity index (χ1) is 16.3. The van der Waals surface area contributed by atoms with E-state index in [1.54, 1.807) is 0 Å². The Kier molecular flexibility index (Phi) is 9.62. The zero-order valence-corrected chi connectivity index (χ0v) is 19.1. The molecule has 0 N–H and O–H groups in total. The van der Waals surface area contributed by atoms with Gasteiger partial charge < -0.3 is 13.3 Å². The summed E-state index contributed by atoms with van der Waals surface area (Å²) in [5.41, 5.74) is -7.40. The van der Waals surface area contributed by atoms with Crippen LogP contribution >= 0.6 is 0 Å². The van der Waals surface area contributed by atoms with Gasteiger partial charge in [-0.3, -0.25) is 0 Å². The molecule has 0 spiro atoms. The third kappa shape index (κ3) is 4.90. The topological polar surface area (TPSA) is 27.7 Å². The quantitative estimate of drug-likeness (QED) is 0.165. The molecule has 0 aliphatic carbocycles. The molecular formula is C14H12F20O3Si. The van der Waals surface area contributed by atoms with Crippen LogP contribution in [0.1, 0.15) is 6.92 Å². The molecule has 0 aromatic heterocycles. The summed E-state index contributed by atoms with van der Waals surface area (Å²) in [6, 6.07) is 0. The van der Waals surface area contributed by atoms with Gasteiger partial charge in [0.05, 0.1) is 0 Å². The van der Waals surface area contributed by atoms with E-state index in [0.29, 0.717) is 0 Å². The second-order valence-corrected chi connectivity index (χ2v) is 9.97. The van der Waals surface area contributed by atoms with Crippen molar-refractivity contribution in [1.82, 2.24) is 0 Å². The van der Waals surface area contributed by atoms with Gasteiger partial charge in [0, 0.05) is 14.2 Å². The van der Waals surface area contributed by atoms with Crippen LogP contribution in [0, 0.1) is 0 Å². The van der Waals surface area contributed by atoms with Crippen LogP contribution in [0.4, 0.5) is 87.8 Å². The minimum atomic E-state index is -8.87. The zero-order valence-electron chi connectivity index (χ0n) is 18.1. The lowest BCUT2D eigenvalue weighted by molar-refractivity contribution is -0.453. The summed E-state index contributed by atoms with van der Waals surface area (Å²) in [6.07, 6.45) is -10.4. The molecule has 0 rings (SSSR count). The lowest BCUT2D eigenvalue weighted by Crippen LogP contribution is -2.78. The maximum absolute atomic E-state index is 14.3. The first-order valence-corrected chi connectivity index (χ1v) is 10.5. The molecular weight excluding hydrogens is 624 g/mol. The highest BCUT2D eigenvalue weighted by molar-refractivity contribution is 6.63. The molecule has 0 radical (unpaired) electrons. The van der Waals surface area contributed by atoms with Crippen molar-refractivity contribution in [2.75, 3.05) is 20.8 Å². The van der Waals surface area contributed by atoms with Gasteiger partial charge >= 0.3 is 62.0 Å². The Balaban J connectivity index is 7.11. The summed E-state index contributed by atoms with van der Waals surface area (Å²) >= 11 is 0. The van der Waals surface area contributed by atoms with E-state index in [4.69, 9.17) is 0 Å². The molecule has 0 saturated heterocycles. The molecule has 230 valence electrons. The predicted molar refractivity (Wildman–Crippen MR) is 81.9 cm³/mol. The Morgan fingerprint density at radius 2 is 0.816 bits per heavy atom. The van der Waals surface area contributed by atoms with Crippen LogP contribution in [0.2, 0.25) is 0 Å². The predicted octanol–water partition coefficient (Wildman–Crippen LogP) is 6.78. The molecule has 0 amide bonds. The van der Waals surface area contributed by atoms with E-state index >= 15 is 0 Å². The molecule has 0 aliphatic heterocycles. The fraction of sp³-hybridized carbons (Fsp3) is 1.00. The maximum Gasteiger partial charge on any atom is 0.582 e. The minimum absolute atomic E-state index is 0.324. The molecule has 0 aromatic carbocycles. The van der Waals surface area contributed by atoms with Crippen LogP contribution in [0.25, 0.3) is 0 Å². The SMILES string of the molecule is CO[Si](OC)(OCC(F)(F)F)C(F)(F)C(F)(F)C(F)(F)C(F)(F)C(F)(F)C(F)(F)C(F)(F)C(F)(F)C(C)F. The van der Waals surface area contributed by atoms with Gasteiger partial charge in [0.2, 0.25) is 0 Å². The largest absolute Gasteiger partial charge is 0.582 e. The third-order valence-corrected chi connectivity index (χ3v) is 7.31. The fourth-order valence-electron chi connectivity index (χ4n) is 2.36. The molecule has 0 saturated carbocycles. The van der Waals surface area contributed by atoms with Crippen molar-refractivity contribution < 1.29 is 101 Å². The summed E-state index contributed by atoms with van der Waals surface area (Å²) in [6.45, 7) is -3.87. The number of rotatable bonds is 13. The van der Waals surface area contributed by atoms with Gasteiger partial charge in [-0.1, -0.05) is 0 Å². The van der Waals surface area contributed by atoms with Crippen molar-refractivity contribution in [3.63, 3.8) is 0 Å². The van der Waals surface area contributed by atoms with Gasteiger partial charge in [-0.2, -0.15) is 83.4 Å². The minimum Gasteiger partial charge on any atom is -0.373 e. The van der Waals surface area contributed by atoms with Crippen LogP contribution in [0.5, 0.6) is 0 Å². The molecule has 24 heteroatoms. The molecule has 0 fully saturated rings. The van der Waals surface area contributed by atoms with Crippen molar-refractivity contribution in [2.24, 2.45) is 0 Å². The smallest absolute Gasteiger partial charge is 0.373 e. The number of halogens is 20. The summed E-state index contributed by atoms with van der Waals surface area (Å²) in [4.78, 5) is 0. The number of hydrogen-bond acceptors (Lipinski definition) is 3. The van der Waals surface area contributed by atoms with E-state index in [2.05, 4.69) is 13.3 Å². The summed E-state index contributed by atoms with van der Waals surface area (Å²) in [7, 11) is -8.11. The Morgan fingerprint density at radius 1 is 0.526 bits per heavy atom. The van der Waals surface area contributed by atoms with E-state index in [-0.39, 0.29) is 14.2 Å². The lowest BCUT2D eigenvalue weighted by Gasteiger charge is -2.45. The summed E-state index contributed by atoms with van der Waals surface area (Å²) in [5, 5.41) is 0. The van der Waals surface area contributed by atoms with Crippen LogP contribution in [0.3, 0.4) is 0 Å². The van der Waals surface area contributed by atoms with Crippen LogP contribution in [-0.2, 0) is 13.3 Å². The second kappa shape index (κ2) is 9.96. The molecule has 3 nitrogen and oxygen atoms in total. The van der Waals surface area contributed by atoms with Gasteiger partial charge in [-0.25, -0.2) is 4.39 Å². The molecule has 0 bridgehead atoms. The van der Waals surface area contributed by atoms with E-state index in [1.165, 1.54) is 0 Å². The van der Waals surface area contributed by atoms with Crippen molar-refractivity contribution in [1.29, 1.82) is 0 Å². The molecule has 38 heavy (non-hydrogen) atoms. The van der Waals surface area contributed by atoms with Crippen molar-refractivity contribution >= 4 is 8.80 Å². The average Bonchev–Trinajstić information content (AvgIpc) is 2.72. The molecule has 1 unspecified atom stereocenters. The maximum atomic E-state index is 14.3. The van der Waals surface area contributed by atoms with Gasteiger partial charge in [-0.15, -0.1) is 0 Å². The standard InChI is InChI=1S/C14H12F20O3Si/c1-5(15)7(19,20)8(21,22)9(23,24)10(25,26)11(27,28)12(29,30)13(31,32)14(33,34)38(35-2,36-3)37-4-6(16,17)18/h5H,4H2,1-3H3. The van der Waals surface area contributed by atoms with Crippen molar-refractivity contribution in [3.05, 3.63) is 0 Å². The van der Waals surface area contributed by atoms with Crippen LogP contribution in [0.15, 0.2) is 0 Å². The summed E-state index contributed by atoms with van der Waals surface area (Å²) in [5.74, 6) is -58.5. The fourth-order valence-corrected chi connectivity index (χ4v) is 4.35. The number of alkyl halides is 20. The van der Waals surface area contributed by atoms with E-state index in [0.717, 1.165) is 0 Å². The molecule has 1 atom stereocenters. The van der Waals surface area contributed by atoms with E-state index < -0.39 is 81.7 Å². The van der Waals surface area contributed by atoms with Gasteiger partial charge in [0.25, 0.3) is 0 Å². The van der Waals surface area contributed by atoms with Crippen molar-refractivity contribution in [3.8, 4) is 0 Å². The van der Waals surface area contributed by atoms with E-state index in [9.17, 15) is 87.8 Å². The third-order valence-electron chi connectivity index (χ3n) is 4.63. The van der Waals surface area contributed by atoms with Crippen molar-refractivity contribution in [2.45, 2.75) is 66.3 Å². The van der Waals surface area contributed by atoms with Gasteiger partial charge in [-0.05, 0) is 6.92 Å². The first kappa shape index (κ1) is 36.7. The monoisotopic (exact) mass is 636 g/mol. The Labute approximate surface area is 198 Å². The number of hydrogen-bond donors (Lipinski definition) is 0. The first-order valence-electron chi connectivity index (χ1n) is 8.75. The normalized spacial score (nSPS) is 17.1. The Hall–Kier alpha value is -1.30. The zero-order chi connectivity index (χ0) is 31.4. The molecule has 0 aromatic rings. The average molecular weight is 636 g/mol. The Morgan fingerprint density at radius 3 is 1.08 bits per heavy atom. The molecule has 0 heterocycles. The van der Waals surface area contributed by atoms with Gasteiger partial charge in [0.15, 0.2) is 6.17 Å². The highest BCUT2D eigenvalue weighted by Crippen LogP contribution is 2.65. The highest BCUT2D eigenvalue weighted by Gasteiger charge is 2.97. The lowest BCUT2D eigenvalue weighted by atomic mass is 9.88. The second-order valence-electron chi connectivity index (χ2n) is 7.13. The summed E-state index contributed by atoms with van der Waals surface area (Å²) < 4.78 is 280.